The molecule has 0 N–H and O–H groups in total. The van der Waals surface area contributed by atoms with Crippen LogP contribution in [0.3, 0.4) is 0 Å². The van der Waals surface area contributed by atoms with Gasteiger partial charge in [-0.1, -0.05) is 13.8 Å². The summed E-state index contributed by atoms with van der Waals surface area (Å²) in [5.41, 5.74) is 3.62. The molecule has 0 aromatic heterocycles. The fourth-order valence-electron chi connectivity index (χ4n) is 3.84. The van der Waals surface area contributed by atoms with E-state index in [2.05, 4.69) is 41.3 Å². The first kappa shape index (κ1) is 14.1. The van der Waals surface area contributed by atoms with Crippen molar-refractivity contribution in [2.75, 3.05) is 46.3 Å². The van der Waals surface area contributed by atoms with Crippen LogP contribution in [0.2, 0.25) is 0 Å². The number of hydrogen-bond acceptors (Lipinski definition) is 2. The van der Waals surface area contributed by atoms with E-state index in [0.717, 1.165) is 0 Å². The van der Waals surface area contributed by atoms with E-state index in [-0.39, 0.29) is 0 Å². The van der Waals surface area contributed by atoms with E-state index in [4.69, 9.17) is 0 Å². The lowest BCUT2D eigenvalue weighted by Crippen LogP contribution is -2.45. The van der Waals surface area contributed by atoms with E-state index >= 15 is 0 Å². The molecule has 1 aliphatic carbocycles. The highest BCUT2D eigenvalue weighted by atomic mass is 15.3. The van der Waals surface area contributed by atoms with Crippen molar-refractivity contribution in [1.29, 1.82) is 0 Å². The van der Waals surface area contributed by atoms with Crippen molar-refractivity contribution < 1.29 is 4.58 Å². The third kappa shape index (κ3) is 3.08. The predicted molar refractivity (Wildman–Crippen MR) is 84.4 cm³/mol. The second-order valence-electron chi connectivity index (χ2n) is 7.63. The first-order valence-corrected chi connectivity index (χ1v) is 8.28. The fourth-order valence-corrected chi connectivity index (χ4v) is 3.84. The summed E-state index contributed by atoms with van der Waals surface area (Å²) in [4.78, 5) is 5.08. The van der Waals surface area contributed by atoms with Gasteiger partial charge in [-0.3, -0.25) is 0 Å². The van der Waals surface area contributed by atoms with Crippen LogP contribution in [0.15, 0.2) is 11.8 Å². The molecule has 3 heteroatoms. The summed E-state index contributed by atoms with van der Waals surface area (Å²) in [6, 6.07) is 0. The number of allylic oxidation sites excluding steroid dienone is 2. The average Bonchev–Trinajstić information content (AvgIpc) is 2.91. The van der Waals surface area contributed by atoms with Crippen molar-refractivity contribution in [2.24, 2.45) is 5.41 Å². The second kappa shape index (κ2) is 5.51. The maximum atomic E-state index is 2.64. The van der Waals surface area contributed by atoms with Gasteiger partial charge in [0, 0.05) is 57.2 Å². The van der Waals surface area contributed by atoms with E-state index in [1.54, 1.807) is 11.4 Å². The first-order chi connectivity index (χ1) is 9.53. The topological polar surface area (TPSA) is 9.49 Å². The van der Waals surface area contributed by atoms with Crippen LogP contribution in [-0.2, 0) is 0 Å². The van der Waals surface area contributed by atoms with Crippen molar-refractivity contribution in [3.05, 3.63) is 11.8 Å². The molecule has 0 unspecified atom stereocenters. The van der Waals surface area contributed by atoms with E-state index in [0.29, 0.717) is 5.41 Å². The summed E-state index contributed by atoms with van der Waals surface area (Å²) in [5.74, 6) is 0. The molecule has 2 aliphatic heterocycles. The molecule has 2 saturated heterocycles. The predicted octanol–water partition coefficient (Wildman–Crippen LogP) is 2.18. The Morgan fingerprint density at radius 3 is 2.30 bits per heavy atom. The molecule has 3 aliphatic rings. The van der Waals surface area contributed by atoms with Gasteiger partial charge in [-0.2, -0.15) is 0 Å². The molecule has 0 saturated carbocycles. The molecule has 0 aromatic carbocycles. The second-order valence-corrected chi connectivity index (χ2v) is 7.63. The van der Waals surface area contributed by atoms with Crippen LogP contribution >= 0.6 is 0 Å². The SMILES string of the molecule is CN1CCN(C2=CC(=[N+]3CCCC3)CC(C)(C)C2)CC1. The average molecular weight is 276 g/mol. The minimum Gasteiger partial charge on any atom is -0.372 e. The zero-order valence-corrected chi connectivity index (χ0v) is 13.5. The van der Waals surface area contributed by atoms with Gasteiger partial charge in [0.15, 0.2) is 5.71 Å². The molecule has 112 valence electrons. The zero-order valence-electron chi connectivity index (χ0n) is 13.5. The largest absolute Gasteiger partial charge is 0.372 e. The number of likely N-dealkylation sites (N-methyl/N-ethyl adjacent to an activating group) is 1. The summed E-state index contributed by atoms with van der Waals surface area (Å²) in [6.07, 6.45) is 7.78. The van der Waals surface area contributed by atoms with Crippen LogP contribution in [0.4, 0.5) is 0 Å². The first-order valence-electron chi connectivity index (χ1n) is 8.28. The van der Waals surface area contributed by atoms with Gasteiger partial charge in [0.05, 0.1) is 0 Å². The quantitative estimate of drug-likeness (QED) is 0.679. The molecule has 3 rings (SSSR count). The lowest BCUT2D eigenvalue weighted by molar-refractivity contribution is -0.507. The van der Waals surface area contributed by atoms with Gasteiger partial charge in [-0.05, 0) is 18.9 Å². The van der Waals surface area contributed by atoms with Crippen LogP contribution in [0, 0.1) is 5.41 Å². The number of nitrogens with zero attached hydrogens (tertiary/aromatic N) is 3. The summed E-state index contributed by atoms with van der Waals surface area (Å²) in [7, 11) is 2.23. The Morgan fingerprint density at radius 2 is 1.65 bits per heavy atom. The van der Waals surface area contributed by atoms with Gasteiger partial charge in [0.1, 0.15) is 13.1 Å². The molecule has 2 fully saturated rings. The molecule has 0 spiro atoms. The number of hydrogen-bond donors (Lipinski definition) is 0. The highest BCUT2D eigenvalue weighted by molar-refractivity contribution is 5.92. The molecule has 20 heavy (non-hydrogen) atoms. The summed E-state index contributed by atoms with van der Waals surface area (Å²) in [5, 5.41) is 0. The molecular formula is C17H30N3+. The molecule has 0 amide bonds. The van der Waals surface area contributed by atoms with Crippen LogP contribution in [0.5, 0.6) is 0 Å². The standard InChI is InChI=1S/C17H30N3/c1-17(2)13-15(19-6-4-5-7-19)12-16(14-17)20-10-8-18(3)9-11-20/h12H,4-11,13-14H2,1-3H3/q+1. The Labute approximate surface area is 123 Å². The molecule has 0 radical (unpaired) electrons. The fraction of sp³-hybridized carbons (Fsp3) is 0.824. The van der Waals surface area contributed by atoms with Gasteiger partial charge < -0.3 is 9.80 Å². The minimum absolute atomic E-state index is 0.422. The van der Waals surface area contributed by atoms with Gasteiger partial charge in [-0.15, -0.1) is 0 Å². The molecule has 0 bridgehead atoms. The van der Waals surface area contributed by atoms with E-state index in [1.165, 1.54) is 65.0 Å². The maximum Gasteiger partial charge on any atom is 0.178 e. The smallest absolute Gasteiger partial charge is 0.178 e. The minimum atomic E-state index is 0.422. The Balaban J connectivity index is 1.83. The summed E-state index contributed by atoms with van der Waals surface area (Å²) in [6.45, 7) is 12.2. The Kier molecular flexibility index (Phi) is 3.89. The van der Waals surface area contributed by atoms with Gasteiger partial charge >= 0.3 is 0 Å². The van der Waals surface area contributed by atoms with E-state index in [9.17, 15) is 0 Å². The number of piperazine rings is 1. The van der Waals surface area contributed by atoms with Crippen LogP contribution in [-0.4, -0.2) is 66.4 Å². The van der Waals surface area contributed by atoms with Crippen LogP contribution in [0.1, 0.15) is 39.5 Å². The summed E-state index contributed by atoms with van der Waals surface area (Å²) < 4.78 is 2.64. The van der Waals surface area contributed by atoms with Gasteiger partial charge in [0.2, 0.25) is 0 Å². The highest BCUT2D eigenvalue weighted by Gasteiger charge is 2.34. The van der Waals surface area contributed by atoms with Crippen LogP contribution in [0.25, 0.3) is 0 Å². The Hall–Kier alpha value is -0.830. The highest BCUT2D eigenvalue weighted by Crippen LogP contribution is 2.36. The third-order valence-electron chi connectivity index (χ3n) is 5.07. The Bertz CT molecular complexity index is 418. The van der Waals surface area contributed by atoms with E-state index < -0.39 is 0 Å². The lowest BCUT2D eigenvalue weighted by Gasteiger charge is -2.40. The van der Waals surface area contributed by atoms with Crippen molar-refractivity contribution in [3.63, 3.8) is 0 Å². The van der Waals surface area contributed by atoms with Crippen molar-refractivity contribution >= 4 is 5.71 Å². The van der Waals surface area contributed by atoms with Crippen molar-refractivity contribution in [1.82, 2.24) is 9.80 Å². The van der Waals surface area contributed by atoms with Crippen LogP contribution < -0.4 is 0 Å². The molecule has 0 atom stereocenters. The lowest BCUT2D eigenvalue weighted by atomic mass is 9.78. The number of rotatable bonds is 1. The van der Waals surface area contributed by atoms with Crippen molar-refractivity contribution in [2.45, 2.75) is 39.5 Å². The molecular weight excluding hydrogens is 246 g/mol. The van der Waals surface area contributed by atoms with E-state index in [1.807, 2.05) is 0 Å². The third-order valence-corrected chi connectivity index (χ3v) is 5.07. The molecule has 2 heterocycles. The van der Waals surface area contributed by atoms with Gasteiger partial charge in [0.25, 0.3) is 0 Å². The Morgan fingerprint density at radius 1 is 1.00 bits per heavy atom. The van der Waals surface area contributed by atoms with Gasteiger partial charge in [-0.25, -0.2) is 4.58 Å². The monoisotopic (exact) mass is 276 g/mol. The summed E-state index contributed by atoms with van der Waals surface area (Å²) >= 11 is 0. The van der Waals surface area contributed by atoms with Crippen molar-refractivity contribution in [3.8, 4) is 0 Å². The maximum absolute atomic E-state index is 2.64. The zero-order chi connectivity index (χ0) is 14.2. The molecule has 3 nitrogen and oxygen atoms in total. The molecule has 0 aromatic rings. The normalized spacial score (nSPS) is 27.9.